The molecule has 1 saturated heterocycles. The van der Waals surface area contributed by atoms with Crippen molar-refractivity contribution in [2.24, 2.45) is 0 Å². The van der Waals surface area contributed by atoms with E-state index in [1.54, 1.807) is 0 Å². The lowest BCUT2D eigenvalue weighted by atomic mass is 10.2. The van der Waals surface area contributed by atoms with Crippen molar-refractivity contribution in [3.8, 4) is 0 Å². The number of thioether (sulfide) groups is 1. The quantitative estimate of drug-likeness (QED) is 0.809. The molecule has 0 aromatic heterocycles. The average molecular weight is 243 g/mol. The van der Waals surface area contributed by atoms with E-state index in [0.717, 1.165) is 5.69 Å². The lowest BCUT2D eigenvalue weighted by Gasteiger charge is -2.27. The number of nitrogens with two attached hydrogens (primary N) is 1. The molecular weight excluding hydrogens is 228 g/mol. The van der Waals surface area contributed by atoms with Crippen LogP contribution in [-0.2, 0) is 0 Å². The normalized spacial score (nSPS) is 20.5. The summed E-state index contributed by atoms with van der Waals surface area (Å²) in [5, 5.41) is 0.644. The Bertz CT molecular complexity index is 350. The molecule has 2 N–H and O–H groups in total. The third-order valence-corrected chi connectivity index (χ3v) is 4.34. The number of para-hydroxylation sites is 1. The zero-order valence-electron chi connectivity index (χ0n) is 8.74. The topological polar surface area (TPSA) is 29.3 Å². The molecule has 1 aromatic rings. The van der Waals surface area contributed by atoms with Crippen molar-refractivity contribution in [2.75, 3.05) is 29.2 Å². The van der Waals surface area contributed by atoms with Crippen LogP contribution in [0.5, 0.6) is 0 Å². The van der Waals surface area contributed by atoms with Crippen LogP contribution in [0, 0.1) is 0 Å². The summed E-state index contributed by atoms with van der Waals surface area (Å²) in [6, 6.07) is 6.41. The molecule has 1 atom stereocenters. The molecule has 0 radical (unpaired) electrons. The summed E-state index contributed by atoms with van der Waals surface area (Å²) in [6.07, 6.45) is 1.23. The average Bonchev–Trinajstić information content (AvgIpc) is 2.74. The molecule has 1 aliphatic rings. The first-order chi connectivity index (χ1) is 7.20. The van der Waals surface area contributed by atoms with Gasteiger partial charge in [-0.2, -0.15) is 11.8 Å². The molecular formula is C11H15ClN2S. The van der Waals surface area contributed by atoms with Gasteiger partial charge in [0.05, 0.1) is 16.4 Å². The molecule has 2 nitrogen and oxygen atoms in total. The van der Waals surface area contributed by atoms with Gasteiger partial charge in [0.2, 0.25) is 0 Å². The predicted octanol–water partition coefficient (Wildman–Crippen LogP) is 2.86. The second-order valence-electron chi connectivity index (χ2n) is 3.80. The maximum Gasteiger partial charge on any atom is 0.0741 e. The van der Waals surface area contributed by atoms with Gasteiger partial charge < -0.3 is 10.6 Å². The molecule has 82 valence electrons. The van der Waals surface area contributed by atoms with Crippen molar-refractivity contribution >= 4 is 34.7 Å². The van der Waals surface area contributed by atoms with Crippen molar-refractivity contribution < 1.29 is 0 Å². The van der Waals surface area contributed by atoms with E-state index in [-0.39, 0.29) is 0 Å². The molecule has 1 aromatic carbocycles. The monoisotopic (exact) mass is 242 g/mol. The molecule has 1 fully saturated rings. The van der Waals surface area contributed by atoms with E-state index in [2.05, 4.69) is 11.9 Å². The molecule has 1 heterocycles. The van der Waals surface area contributed by atoms with Gasteiger partial charge in [0.1, 0.15) is 0 Å². The summed E-state index contributed by atoms with van der Waals surface area (Å²) >= 11 is 8.01. The summed E-state index contributed by atoms with van der Waals surface area (Å²) in [5.74, 6) is 2.43. The first-order valence-corrected chi connectivity index (χ1v) is 6.58. The van der Waals surface area contributed by atoms with E-state index in [1.807, 2.05) is 30.0 Å². The summed E-state index contributed by atoms with van der Waals surface area (Å²) in [6.45, 7) is 0. The van der Waals surface area contributed by atoms with E-state index in [1.165, 1.54) is 17.9 Å². The summed E-state index contributed by atoms with van der Waals surface area (Å²) in [5.41, 5.74) is 7.71. The van der Waals surface area contributed by atoms with Gasteiger partial charge >= 0.3 is 0 Å². The number of rotatable bonds is 2. The fraction of sp³-hybridized carbons (Fsp3) is 0.455. The third kappa shape index (κ3) is 2.18. The second kappa shape index (κ2) is 4.54. The molecule has 1 unspecified atom stereocenters. The van der Waals surface area contributed by atoms with E-state index < -0.39 is 0 Å². The fourth-order valence-corrected chi connectivity index (χ4v) is 3.29. The first-order valence-electron chi connectivity index (χ1n) is 5.04. The highest BCUT2D eigenvalue weighted by atomic mass is 35.5. The van der Waals surface area contributed by atoms with Gasteiger partial charge in [-0.3, -0.25) is 0 Å². The Kier molecular flexibility index (Phi) is 3.32. The van der Waals surface area contributed by atoms with Gasteiger partial charge in [0.25, 0.3) is 0 Å². The number of benzene rings is 1. The van der Waals surface area contributed by atoms with Crippen LogP contribution in [0.2, 0.25) is 5.02 Å². The summed E-state index contributed by atoms with van der Waals surface area (Å²) in [4.78, 5) is 2.25. The highest BCUT2D eigenvalue weighted by Gasteiger charge is 2.21. The van der Waals surface area contributed by atoms with Crippen LogP contribution in [0.25, 0.3) is 0 Å². The Labute approximate surface area is 99.8 Å². The van der Waals surface area contributed by atoms with Gasteiger partial charge in [-0.25, -0.2) is 0 Å². The van der Waals surface area contributed by atoms with E-state index >= 15 is 0 Å². The minimum atomic E-state index is 0.593. The molecule has 15 heavy (non-hydrogen) atoms. The Morgan fingerprint density at radius 1 is 1.53 bits per heavy atom. The SMILES string of the molecule is CN(c1cccc(Cl)c1N)C1CCSC1. The third-order valence-electron chi connectivity index (χ3n) is 2.86. The highest BCUT2D eigenvalue weighted by Crippen LogP contribution is 2.33. The van der Waals surface area contributed by atoms with Gasteiger partial charge in [0.15, 0.2) is 0 Å². The van der Waals surface area contributed by atoms with Crippen molar-refractivity contribution in [3.63, 3.8) is 0 Å². The van der Waals surface area contributed by atoms with Crippen LogP contribution in [0.1, 0.15) is 6.42 Å². The van der Waals surface area contributed by atoms with Crippen LogP contribution in [0.15, 0.2) is 18.2 Å². The zero-order chi connectivity index (χ0) is 10.8. The van der Waals surface area contributed by atoms with E-state index in [4.69, 9.17) is 17.3 Å². The maximum absolute atomic E-state index is 6.01. The van der Waals surface area contributed by atoms with Gasteiger partial charge in [-0.1, -0.05) is 17.7 Å². The summed E-state index contributed by atoms with van der Waals surface area (Å²) < 4.78 is 0. The fourth-order valence-electron chi connectivity index (χ4n) is 1.86. The van der Waals surface area contributed by atoms with Crippen LogP contribution in [0.3, 0.4) is 0 Å². The van der Waals surface area contributed by atoms with E-state index in [9.17, 15) is 0 Å². The highest BCUT2D eigenvalue weighted by molar-refractivity contribution is 7.99. The van der Waals surface area contributed by atoms with E-state index in [0.29, 0.717) is 16.8 Å². The lowest BCUT2D eigenvalue weighted by molar-refractivity contribution is 0.701. The van der Waals surface area contributed by atoms with Crippen LogP contribution < -0.4 is 10.6 Å². The van der Waals surface area contributed by atoms with Crippen LogP contribution in [-0.4, -0.2) is 24.6 Å². The second-order valence-corrected chi connectivity index (χ2v) is 5.36. The number of hydrogen-bond acceptors (Lipinski definition) is 3. The first kappa shape index (κ1) is 11.0. The molecule has 0 amide bonds. The minimum Gasteiger partial charge on any atom is -0.396 e. The number of halogens is 1. The minimum absolute atomic E-state index is 0.593. The van der Waals surface area contributed by atoms with Crippen molar-refractivity contribution in [1.82, 2.24) is 0 Å². The Morgan fingerprint density at radius 2 is 2.33 bits per heavy atom. The Hall–Kier alpha value is -0.540. The maximum atomic E-state index is 6.01. The largest absolute Gasteiger partial charge is 0.396 e. The van der Waals surface area contributed by atoms with Crippen LogP contribution >= 0.6 is 23.4 Å². The predicted molar refractivity (Wildman–Crippen MR) is 70.0 cm³/mol. The molecule has 0 saturated carbocycles. The van der Waals surface area contributed by atoms with Gasteiger partial charge in [0, 0.05) is 18.8 Å². The summed E-state index contributed by atoms with van der Waals surface area (Å²) in [7, 11) is 2.10. The van der Waals surface area contributed by atoms with Crippen LogP contribution in [0.4, 0.5) is 11.4 Å². The molecule has 1 aliphatic heterocycles. The standard InChI is InChI=1S/C11H15ClN2S/c1-14(8-5-6-15-7-8)10-4-2-3-9(12)11(10)13/h2-4,8H,5-7,13H2,1H3. The molecule has 4 heteroatoms. The number of nitrogens with zero attached hydrogens (tertiary/aromatic N) is 1. The number of hydrogen-bond donors (Lipinski definition) is 1. The molecule has 2 rings (SSSR count). The molecule has 0 spiro atoms. The molecule has 0 bridgehead atoms. The number of anilines is 2. The van der Waals surface area contributed by atoms with Crippen molar-refractivity contribution in [1.29, 1.82) is 0 Å². The van der Waals surface area contributed by atoms with Gasteiger partial charge in [-0.15, -0.1) is 0 Å². The van der Waals surface area contributed by atoms with Gasteiger partial charge in [-0.05, 0) is 24.3 Å². The molecule has 0 aliphatic carbocycles. The Balaban J connectivity index is 2.24. The smallest absolute Gasteiger partial charge is 0.0741 e. The number of nitrogen functional groups attached to an aromatic ring is 1. The van der Waals surface area contributed by atoms with Crippen molar-refractivity contribution in [3.05, 3.63) is 23.2 Å². The zero-order valence-corrected chi connectivity index (χ0v) is 10.3. The lowest BCUT2D eigenvalue weighted by Crippen LogP contribution is -2.31. The Morgan fingerprint density at radius 3 is 3.00 bits per heavy atom. The van der Waals surface area contributed by atoms with Crippen molar-refractivity contribution in [2.45, 2.75) is 12.5 Å².